The summed E-state index contributed by atoms with van der Waals surface area (Å²) < 4.78 is 4.96. The molecule has 0 radical (unpaired) electrons. The van der Waals surface area contributed by atoms with E-state index >= 15 is 0 Å². The van der Waals surface area contributed by atoms with Crippen molar-refractivity contribution < 1.29 is 19.7 Å². The van der Waals surface area contributed by atoms with Gasteiger partial charge in [0.05, 0.1) is 18.9 Å². The molecule has 0 saturated heterocycles. The first kappa shape index (κ1) is 14.0. The number of hydrogen-bond donors (Lipinski definition) is 2. The number of carboxylic acid groups (broad SMARTS) is 1. The minimum Gasteiger partial charge on any atom is -0.476 e. The molecule has 1 rings (SSSR count). The predicted octanol–water partition coefficient (Wildman–Crippen LogP) is 0.282. The molecule has 0 atom stereocenters. The van der Waals surface area contributed by atoms with E-state index in [1.807, 2.05) is 4.90 Å². The predicted molar refractivity (Wildman–Crippen MR) is 63.3 cm³/mol. The van der Waals surface area contributed by atoms with Crippen molar-refractivity contribution in [2.45, 2.75) is 6.54 Å². The second-order valence-corrected chi connectivity index (χ2v) is 4.30. The smallest absolute Gasteiger partial charge is 0.365 e. The summed E-state index contributed by atoms with van der Waals surface area (Å²) >= 11 is 1.11. The van der Waals surface area contributed by atoms with Crippen LogP contribution < -0.4 is 0 Å². The van der Waals surface area contributed by atoms with Crippen LogP contribution in [0.3, 0.4) is 0 Å². The monoisotopic (exact) mass is 260 g/mol. The normalized spacial score (nSPS) is 11.0. The molecule has 0 aliphatic carbocycles. The Hall–Kier alpha value is -1.02. The van der Waals surface area contributed by atoms with Crippen molar-refractivity contribution in [2.24, 2.45) is 0 Å². The van der Waals surface area contributed by atoms with Crippen LogP contribution in [-0.2, 0) is 11.3 Å². The fourth-order valence-corrected chi connectivity index (χ4v) is 1.98. The number of ether oxygens (including phenoxy) is 1. The van der Waals surface area contributed by atoms with E-state index in [0.29, 0.717) is 31.9 Å². The molecule has 0 spiro atoms. The Morgan fingerprint density at radius 1 is 1.59 bits per heavy atom. The lowest BCUT2D eigenvalue weighted by Crippen LogP contribution is -2.30. The van der Waals surface area contributed by atoms with Gasteiger partial charge >= 0.3 is 5.97 Å². The van der Waals surface area contributed by atoms with Crippen LogP contribution in [0, 0.1) is 0 Å². The lowest BCUT2D eigenvalue weighted by Gasteiger charge is -2.19. The Kier molecular flexibility index (Phi) is 6.06. The molecule has 96 valence electrons. The topological polar surface area (TPSA) is 82.9 Å². The van der Waals surface area contributed by atoms with E-state index in [1.54, 1.807) is 12.5 Å². The second kappa shape index (κ2) is 7.33. The molecular formula is C10H16N2O4S. The van der Waals surface area contributed by atoms with Gasteiger partial charge in [0.2, 0.25) is 5.01 Å². The van der Waals surface area contributed by atoms with E-state index < -0.39 is 5.97 Å². The van der Waals surface area contributed by atoms with Crippen LogP contribution in [0.1, 0.15) is 15.5 Å². The molecule has 0 unspecified atom stereocenters. The third-order valence-corrected chi connectivity index (χ3v) is 3.03. The minimum absolute atomic E-state index is 0.0552. The zero-order valence-corrected chi connectivity index (χ0v) is 10.4. The summed E-state index contributed by atoms with van der Waals surface area (Å²) in [6.45, 7) is 2.34. The maximum Gasteiger partial charge on any atom is 0.365 e. The van der Waals surface area contributed by atoms with Gasteiger partial charge in [0.1, 0.15) is 0 Å². The quantitative estimate of drug-likeness (QED) is 0.698. The van der Waals surface area contributed by atoms with E-state index in [-0.39, 0.29) is 11.6 Å². The molecule has 1 aromatic heterocycles. The molecule has 0 fully saturated rings. The molecule has 0 aromatic carbocycles. The average molecular weight is 260 g/mol. The Balaban J connectivity index is 2.55. The summed E-state index contributed by atoms with van der Waals surface area (Å²) in [5, 5.41) is 19.5. The van der Waals surface area contributed by atoms with Gasteiger partial charge in [0.15, 0.2) is 0 Å². The molecule has 2 N–H and O–H groups in total. The highest BCUT2D eigenvalue weighted by atomic mass is 32.1. The van der Waals surface area contributed by atoms with Crippen LogP contribution >= 0.6 is 11.3 Å². The van der Waals surface area contributed by atoms with Crippen molar-refractivity contribution in [3.63, 3.8) is 0 Å². The highest BCUT2D eigenvalue weighted by Crippen LogP contribution is 2.11. The van der Waals surface area contributed by atoms with E-state index in [2.05, 4.69) is 4.98 Å². The van der Waals surface area contributed by atoms with Crippen molar-refractivity contribution in [2.75, 3.05) is 33.4 Å². The third-order valence-electron chi connectivity index (χ3n) is 2.15. The van der Waals surface area contributed by atoms with Gasteiger partial charge in [-0.25, -0.2) is 9.78 Å². The van der Waals surface area contributed by atoms with Crippen LogP contribution in [0.15, 0.2) is 5.38 Å². The number of aromatic carboxylic acids is 1. The first-order chi connectivity index (χ1) is 8.17. The number of methoxy groups -OCH3 is 1. The summed E-state index contributed by atoms with van der Waals surface area (Å²) in [5.41, 5.74) is 0.706. The highest BCUT2D eigenvalue weighted by Gasteiger charge is 2.11. The molecule has 1 heterocycles. The van der Waals surface area contributed by atoms with Crippen LogP contribution in [-0.4, -0.2) is 59.5 Å². The maximum atomic E-state index is 10.7. The van der Waals surface area contributed by atoms with Crippen molar-refractivity contribution >= 4 is 17.3 Å². The summed E-state index contributed by atoms with van der Waals surface area (Å²) in [7, 11) is 1.61. The van der Waals surface area contributed by atoms with Gasteiger partial charge in [-0.1, -0.05) is 0 Å². The Bertz CT molecular complexity index is 356. The van der Waals surface area contributed by atoms with Crippen LogP contribution in [0.4, 0.5) is 0 Å². The Labute approximate surface area is 103 Å². The zero-order chi connectivity index (χ0) is 12.7. The number of nitrogens with zero attached hydrogens (tertiary/aromatic N) is 2. The highest BCUT2D eigenvalue weighted by molar-refractivity contribution is 7.11. The number of aromatic nitrogens is 1. The van der Waals surface area contributed by atoms with Gasteiger partial charge in [0.25, 0.3) is 0 Å². The van der Waals surface area contributed by atoms with Gasteiger partial charge in [-0.2, -0.15) is 0 Å². The average Bonchev–Trinajstić information content (AvgIpc) is 2.75. The molecule has 0 aliphatic rings. The molecule has 0 bridgehead atoms. The van der Waals surface area contributed by atoms with E-state index in [4.69, 9.17) is 14.9 Å². The number of carbonyl (C=O) groups is 1. The number of rotatable bonds is 8. The van der Waals surface area contributed by atoms with Gasteiger partial charge in [-0.3, -0.25) is 4.90 Å². The first-order valence-corrected chi connectivity index (χ1v) is 6.05. The zero-order valence-electron chi connectivity index (χ0n) is 9.63. The van der Waals surface area contributed by atoms with E-state index in [9.17, 15) is 4.79 Å². The Morgan fingerprint density at radius 2 is 2.35 bits per heavy atom. The lowest BCUT2D eigenvalue weighted by molar-refractivity contribution is 0.0695. The van der Waals surface area contributed by atoms with Crippen LogP contribution in [0.25, 0.3) is 0 Å². The maximum absolute atomic E-state index is 10.7. The molecule has 1 aromatic rings. The largest absolute Gasteiger partial charge is 0.476 e. The first-order valence-electron chi connectivity index (χ1n) is 5.17. The fraction of sp³-hybridized carbons (Fsp3) is 0.600. The molecule has 6 nitrogen and oxygen atoms in total. The van der Waals surface area contributed by atoms with Gasteiger partial charge in [0, 0.05) is 32.1 Å². The minimum atomic E-state index is -1.01. The molecule has 0 aliphatic heterocycles. The summed E-state index contributed by atoms with van der Waals surface area (Å²) in [6.07, 6.45) is 0. The fourth-order valence-electron chi connectivity index (χ4n) is 1.34. The molecule has 17 heavy (non-hydrogen) atoms. The number of aliphatic hydroxyl groups is 1. The van der Waals surface area contributed by atoms with Gasteiger partial charge in [-0.15, -0.1) is 11.3 Å². The SMILES string of the molecule is COCCN(CCO)Cc1csc(C(=O)O)n1. The number of carboxylic acids is 1. The van der Waals surface area contributed by atoms with Crippen LogP contribution in [0.5, 0.6) is 0 Å². The van der Waals surface area contributed by atoms with Gasteiger partial charge in [-0.05, 0) is 0 Å². The standard InChI is InChI=1S/C10H16N2O4S/c1-16-5-3-12(2-4-13)6-8-7-17-9(11-8)10(14)15/h7,13H,2-6H2,1H3,(H,14,15). The van der Waals surface area contributed by atoms with Gasteiger partial charge < -0.3 is 14.9 Å². The van der Waals surface area contributed by atoms with Crippen molar-refractivity contribution in [1.29, 1.82) is 0 Å². The van der Waals surface area contributed by atoms with Crippen molar-refractivity contribution in [1.82, 2.24) is 9.88 Å². The second-order valence-electron chi connectivity index (χ2n) is 3.44. The van der Waals surface area contributed by atoms with Crippen molar-refractivity contribution in [3.8, 4) is 0 Å². The molecule has 7 heteroatoms. The van der Waals surface area contributed by atoms with E-state index in [1.165, 1.54) is 0 Å². The molecule has 0 saturated carbocycles. The van der Waals surface area contributed by atoms with Crippen molar-refractivity contribution in [3.05, 3.63) is 16.1 Å². The summed E-state index contributed by atoms with van der Waals surface area (Å²) in [6, 6.07) is 0. The number of thiazole rings is 1. The summed E-state index contributed by atoms with van der Waals surface area (Å²) in [5.74, 6) is -1.01. The van der Waals surface area contributed by atoms with E-state index in [0.717, 1.165) is 11.3 Å². The van der Waals surface area contributed by atoms with Crippen LogP contribution in [0.2, 0.25) is 0 Å². The summed E-state index contributed by atoms with van der Waals surface area (Å²) in [4.78, 5) is 16.6. The lowest BCUT2D eigenvalue weighted by atomic mass is 10.4. The number of hydrogen-bond acceptors (Lipinski definition) is 6. The third kappa shape index (κ3) is 4.78. The number of aliphatic hydroxyl groups excluding tert-OH is 1. The molecule has 0 amide bonds. The molecular weight excluding hydrogens is 244 g/mol. The Morgan fingerprint density at radius 3 is 2.88 bits per heavy atom.